The van der Waals surface area contributed by atoms with Crippen molar-refractivity contribution in [1.29, 1.82) is 0 Å². The molecular weight excluding hydrogens is 346 g/mol. The maximum Gasteiger partial charge on any atom is 0.217 e. The second kappa shape index (κ2) is 8.49. The molecule has 0 radical (unpaired) electrons. The Kier molecular flexibility index (Phi) is 5.86. The van der Waals surface area contributed by atoms with E-state index in [-0.39, 0.29) is 5.91 Å². The number of benzene rings is 2. The van der Waals surface area contributed by atoms with Crippen molar-refractivity contribution in [2.45, 2.75) is 20.0 Å². The van der Waals surface area contributed by atoms with Gasteiger partial charge in [0, 0.05) is 36.5 Å². The number of para-hydroxylation sites is 1. The Labute approximate surface area is 157 Å². The highest BCUT2D eigenvalue weighted by molar-refractivity contribution is 7.14. The number of thiazole rings is 1. The van der Waals surface area contributed by atoms with Crippen LogP contribution in [0.3, 0.4) is 0 Å². The van der Waals surface area contributed by atoms with E-state index >= 15 is 0 Å². The largest absolute Gasteiger partial charge is 0.496 e. The molecule has 0 spiro atoms. The summed E-state index contributed by atoms with van der Waals surface area (Å²) >= 11 is 1.58. The first-order valence-electron chi connectivity index (χ1n) is 8.31. The van der Waals surface area contributed by atoms with Gasteiger partial charge in [-0.3, -0.25) is 4.79 Å². The van der Waals surface area contributed by atoms with E-state index < -0.39 is 0 Å². The summed E-state index contributed by atoms with van der Waals surface area (Å²) in [4.78, 5) is 15.6. The summed E-state index contributed by atoms with van der Waals surface area (Å²) in [5.74, 6) is 0.839. The number of anilines is 1. The van der Waals surface area contributed by atoms with Crippen molar-refractivity contribution in [3.8, 4) is 17.0 Å². The van der Waals surface area contributed by atoms with Gasteiger partial charge in [-0.2, -0.15) is 0 Å². The molecule has 26 heavy (non-hydrogen) atoms. The fourth-order valence-corrected chi connectivity index (χ4v) is 3.25. The van der Waals surface area contributed by atoms with Crippen LogP contribution in [0.25, 0.3) is 11.3 Å². The summed E-state index contributed by atoms with van der Waals surface area (Å²) in [6, 6.07) is 16.0. The maximum atomic E-state index is 11.0. The van der Waals surface area contributed by atoms with Crippen LogP contribution in [0.4, 0.5) is 5.13 Å². The Morgan fingerprint density at radius 2 is 1.88 bits per heavy atom. The number of aromatic nitrogens is 1. The van der Waals surface area contributed by atoms with Gasteiger partial charge in [0.1, 0.15) is 5.75 Å². The van der Waals surface area contributed by atoms with Crippen LogP contribution in [0.1, 0.15) is 18.1 Å². The molecule has 2 aromatic carbocycles. The minimum absolute atomic E-state index is 0.0284. The molecule has 3 rings (SSSR count). The Morgan fingerprint density at radius 1 is 1.12 bits per heavy atom. The minimum atomic E-state index is -0.0284. The Morgan fingerprint density at radius 3 is 2.62 bits per heavy atom. The van der Waals surface area contributed by atoms with Crippen molar-refractivity contribution in [1.82, 2.24) is 10.3 Å². The van der Waals surface area contributed by atoms with Crippen LogP contribution in [0.2, 0.25) is 0 Å². The molecule has 3 aromatic rings. The normalized spacial score (nSPS) is 10.4. The van der Waals surface area contributed by atoms with Crippen molar-refractivity contribution in [3.63, 3.8) is 0 Å². The monoisotopic (exact) mass is 367 g/mol. The molecule has 0 aliphatic carbocycles. The molecule has 0 saturated carbocycles. The molecule has 2 N–H and O–H groups in total. The SMILES string of the molecule is COc1ccccc1CNc1nc(-c2ccc(CNC(C)=O)cc2)cs1. The number of hydrogen-bond donors (Lipinski definition) is 2. The van der Waals surface area contributed by atoms with E-state index in [0.717, 1.165) is 33.3 Å². The highest BCUT2D eigenvalue weighted by atomic mass is 32.1. The van der Waals surface area contributed by atoms with Crippen LogP contribution in [0.5, 0.6) is 5.75 Å². The number of amides is 1. The molecule has 0 bridgehead atoms. The van der Waals surface area contributed by atoms with Gasteiger partial charge in [-0.1, -0.05) is 42.5 Å². The van der Waals surface area contributed by atoms with Crippen molar-refractivity contribution in [2.24, 2.45) is 0 Å². The predicted molar refractivity (Wildman–Crippen MR) is 105 cm³/mol. The summed E-state index contributed by atoms with van der Waals surface area (Å²) in [7, 11) is 1.68. The van der Waals surface area contributed by atoms with Crippen molar-refractivity contribution in [3.05, 3.63) is 65.0 Å². The molecular formula is C20H21N3O2S. The van der Waals surface area contributed by atoms with Gasteiger partial charge in [-0.25, -0.2) is 4.98 Å². The van der Waals surface area contributed by atoms with E-state index in [1.807, 2.05) is 53.9 Å². The first kappa shape index (κ1) is 17.9. The topological polar surface area (TPSA) is 63.2 Å². The van der Waals surface area contributed by atoms with Gasteiger partial charge in [0.25, 0.3) is 0 Å². The summed E-state index contributed by atoms with van der Waals surface area (Å²) in [6.45, 7) is 2.72. The van der Waals surface area contributed by atoms with Crippen LogP contribution in [0.15, 0.2) is 53.9 Å². The van der Waals surface area contributed by atoms with Crippen LogP contribution in [-0.4, -0.2) is 18.0 Å². The number of nitrogens with one attached hydrogen (secondary N) is 2. The molecule has 0 aliphatic heterocycles. The third-order valence-corrected chi connectivity index (χ3v) is 4.72. The minimum Gasteiger partial charge on any atom is -0.496 e. The van der Waals surface area contributed by atoms with E-state index in [1.165, 1.54) is 6.92 Å². The molecule has 0 saturated heterocycles. The molecule has 5 nitrogen and oxygen atoms in total. The number of ether oxygens (including phenoxy) is 1. The summed E-state index contributed by atoms with van der Waals surface area (Å²) in [5.41, 5.74) is 4.14. The zero-order chi connectivity index (χ0) is 18.4. The molecule has 0 fully saturated rings. The Balaban J connectivity index is 1.63. The second-order valence-electron chi connectivity index (χ2n) is 5.81. The number of methoxy groups -OCH3 is 1. The number of carbonyl (C=O) groups excluding carboxylic acids is 1. The Hall–Kier alpha value is -2.86. The lowest BCUT2D eigenvalue weighted by molar-refractivity contribution is -0.119. The average molecular weight is 367 g/mol. The zero-order valence-electron chi connectivity index (χ0n) is 14.8. The van der Waals surface area contributed by atoms with Gasteiger partial charge in [0.05, 0.1) is 12.8 Å². The van der Waals surface area contributed by atoms with E-state index in [4.69, 9.17) is 4.74 Å². The number of nitrogens with zero attached hydrogens (tertiary/aromatic N) is 1. The lowest BCUT2D eigenvalue weighted by atomic mass is 10.1. The van der Waals surface area contributed by atoms with Crippen LogP contribution >= 0.6 is 11.3 Å². The maximum absolute atomic E-state index is 11.0. The first-order chi connectivity index (χ1) is 12.7. The molecule has 0 aliphatic rings. The van der Waals surface area contributed by atoms with Crippen molar-refractivity contribution in [2.75, 3.05) is 12.4 Å². The summed E-state index contributed by atoms with van der Waals surface area (Å²) in [6.07, 6.45) is 0. The molecule has 134 valence electrons. The van der Waals surface area contributed by atoms with Gasteiger partial charge < -0.3 is 15.4 Å². The van der Waals surface area contributed by atoms with Crippen molar-refractivity contribution < 1.29 is 9.53 Å². The quantitative estimate of drug-likeness (QED) is 0.661. The smallest absolute Gasteiger partial charge is 0.217 e. The second-order valence-corrected chi connectivity index (χ2v) is 6.67. The van der Waals surface area contributed by atoms with Crippen LogP contribution in [0, 0.1) is 0 Å². The molecule has 0 atom stereocenters. The molecule has 1 aromatic heterocycles. The zero-order valence-corrected chi connectivity index (χ0v) is 15.6. The van der Waals surface area contributed by atoms with Crippen LogP contribution in [-0.2, 0) is 17.9 Å². The summed E-state index contributed by atoms with van der Waals surface area (Å²) < 4.78 is 5.37. The van der Waals surface area contributed by atoms with Gasteiger partial charge in [-0.05, 0) is 11.6 Å². The van der Waals surface area contributed by atoms with Gasteiger partial charge in [0.2, 0.25) is 5.91 Å². The standard InChI is InChI=1S/C20H21N3O2S/c1-14(24)21-11-15-7-9-16(10-8-15)18-13-26-20(23-18)22-12-17-5-3-4-6-19(17)25-2/h3-10,13H,11-12H2,1-2H3,(H,21,24)(H,22,23). The summed E-state index contributed by atoms with van der Waals surface area (Å²) in [5, 5.41) is 9.05. The molecule has 0 unspecified atom stereocenters. The average Bonchev–Trinajstić information content (AvgIpc) is 3.14. The fourth-order valence-electron chi connectivity index (χ4n) is 2.53. The number of carbonyl (C=O) groups is 1. The van der Waals surface area contributed by atoms with E-state index in [1.54, 1.807) is 18.4 Å². The fraction of sp³-hybridized carbons (Fsp3) is 0.200. The molecule has 1 heterocycles. The number of hydrogen-bond acceptors (Lipinski definition) is 5. The van der Waals surface area contributed by atoms with Gasteiger partial charge >= 0.3 is 0 Å². The van der Waals surface area contributed by atoms with E-state index in [2.05, 4.69) is 15.6 Å². The lowest BCUT2D eigenvalue weighted by Crippen LogP contribution is -2.18. The molecule has 1 amide bonds. The van der Waals surface area contributed by atoms with E-state index in [0.29, 0.717) is 13.1 Å². The lowest BCUT2D eigenvalue weighted by Gasteiger charge is -2.08. The third kappa shape index (κ3) is 4.61. The van der Waals surface area contributed by atoms with Gasteiger partial charge in [-0.15, -0.1) is 11.3 Å². The molecule has 6 heteroatoms. The predicted octanol–water partition coefficient (Wildman–Crippen LogP) is 4.07. The Bertz CT molecular complexity index is 875. The van der Waals surface area contributed by atoms with E-state index in [9.17, 15) is 4.79 Å². The first-order valence-corrected chi connectivity index (χ1v) is 9.18. The van der Waals surface area contributed by atoms with Crippen LogP contribution < -0.4 is 15.4 Å². The highest BCUT2D eigenvalue weighted by Crippen LogP contribution is 2.26. The van der Waals surface area contributed by atoms with Crippen molar-refractivity contribution >= 4 is 22.4 Å². The third-order valence-electron chi connectivity index (χ3n) is 3.92. The highest BCUT2D eigenvalue weighted by Gasteiger charge is 2.06. The number of rotatable bonds is 7. The van der Waals surface area contributed by atoms with Gasteiger partial charge in [0.15, 0.2) is 5.13 Å².